The topological polar surface area (TPSA) is 9.72 Å². The number of alkyl halides is 2. The molecule has 2 fully saturated rings. The maximum Gasteiger partial charge on any atom is 0.275 e. The van der Waals surface area contributed by atoms with E-state index in [1.165, 1.54) is 0 Å². The number of rotatable bonds is 3. The predicted molar refractivity (Wildman–Crippen MR) is 73.7 cm³/mol. The average molecular weight is 275 g/mol. The smallest absolute Gasteiger partial charge is 0.275 e. The Balaban J connectivity index is 1.90. The van der Waals surface area contributed by atoms with E-state index in [1.54, 1.807) is 11.9 Å². The largest absolute Gasteiger partial charge is 0.300 e. The Bertz CT molecular complexity index is 290. The van der Waals surface area contributed by atoms with Gasteiger partial charge in [0.2, 0.25) is 0 Å². The summed E-state index contributed by atoms with van der Waals surface area (Å²) in [6, 6.07) is 0.0166. The van der Waals surface area contributed by atoms with E-state index in [4.69, 9.17) is 0 Å². The lowest BCUT2D eigenvalue weighted by Crippen LogP contribution is -2.61. The number of nitrogens with zero attached hydrogens (tertiary/aromatic N) is 3. The summed E-state index contributed by atoms with van der Waals surface area (Å²) in [6.45, 7) is 8.52. The number of hydrogen-bond acceptors (Lipinski definition) is 3. The Hall–Kier alpha value is -0.260. The number of piperazine rings is 1. The van der Waals surface area contributed by atoms with E-state index in [0.29, 0.717) is 12.5 Å². The molecule has 0 N–H and O–H groups in total. The molecule has 2 heterocycles. The molecule has 112 valence electrons. The van der Waals surface area contributed by atoms with Crippen LogP contribution in [0.25, 0.3) is 0 Å². The highest BCUT2D eigenvalue weighted by molar-refractivity contribution is 4.94. The predicted octanol–water partition coefficient (Wildman–Crippen LogP) is 1.74. The van der Waals surface area contributed by atoms with Crippen molar-refractivity contribution in [1.82, 2.24) is 14.7 Å². The van der Waals surface area contributed by atoms with Crippen LogP contribution in [-0.4, -0.2) is 79.0 Å². The number of piperidine rings is 1. The molecule has 2 unspecified atom stereocenters. The minimum atomic E-state index is -2.56. The second kappa shape index (κ2) is 6.02. The Labute approximate surface area is 115 Å². The summed E-state index contributed by atoms with van der Waals surface area (Å²) >= 11 is 0. The van der Waals surface area contributed by atoms with Crippen LogP contribution >= 0.6 is 0 Å². The fourth-order valence-electron chi connectivity index (χ4n) is 3.30. The molecular formula is C14H27F2N3. The number of hydrogen-bond donors (Lipinski definition) is 0. The first kappa shape index (κ1) is 15.1. The van der Waals surface area contributed by atoms with Gasteiger partial charge in [-0.05, 0) is 33.4 Å². The minimum Gasteiger partial charge on any atom is -0.300 e. The Morgan fingerprint density at radius 1 is 1.16 bits per heavy atom. The maximum atomic E-state index is 14.1. The Kier molecular flexibility index (Phi) is 4.79. The van der Waals surface area contributed by atoms with Crippen LogP contribution in [-0.2, 0) is 0 Å². The Morgan fingerprint density at radius 2 is 1.79 bits per heavy atom. The van der Waals surface area contributed by atoms with Crippen LogP contribution in [0.4, 0.5) is 8.78 Å². The number of likely N-dealkylation sites (tertiary alicyclic amines) is 1. The monoisotopic (exact) mass is 275 g/mol. The molecular weight excluding hydrogens is 248 g/mol. The van der Waals surface area contributed by atoms with E-state index in [1.807, 2.05) is 4.90 Å². The van der Waals surface area contributed by atoms with Gasteiger partial charge in [-0.25, -0.2) is 8.78 Å². The molecule has 0 aromatic carbocycles. The summed E-state index contributed by atoms with van der Waals surface area (Å²) in [5, 5.41) is 0. The first-order valence-electron chi connectivity index (χ1n) is 7.48. The van der Waals surface area contributed by atoms with Gasteiger partial charge >= 0.3 is 0 Å². The van der Waals surface area contributed by atoms with Gasteiger partial charge in [0.1, 0.15) is 0 Å². The SMILES string of the molecule is CCC(C)N1CCN(C2CCN(C)CC2(F)F)CC1. The zero-order valence-electron chi connectivity index (χ0n) is 12.4. The molecule has 0 aromatic rings. The molecule has 0 amide bonds. The normalized spacial score (nSPS) is 32.4. The summed E-state index contributed by atoms with van der Waals surface area (Å²) < 4.78 is 28.3. The van der Waals surface area contributed by atoms with Crippen molar-refractivity contribution in [2.24, 2.45) is 0 Å². The lowest BCUT2D eigenvalue weighted by Gasteiger charge is -2.46. The second-order valence-corrected chi connectivity index (χ2v) is 6.13. The molecule has 2 rings (SSSR count). The summed E-state index contributed by atoms with van der Waals surface area (Å²) in [5.74, 6) is -2.56. The maximum absolute atomic E-state index is 14.1. The van der Waals surface area contributed by atoms with Gasteiger partial charge in [-0.15, -0.1) is 0 Å². The zero-order chi connectivity index (χ0) is 14.0. The third kappa shape index (κ3) is 3.44. The van der Waals surface area contributed by atoms with Crippen molar-refractivity contribution in [3.05, 3.63) is 0 Å². The van der Waals surface area contributed by atoms with E-state index in [-0.39, 0.29) is 6.54 Å². The van der Waals surface area contributed by atoms with E-state index in [2.05, 4.69) is 18.7 Å². The summed E-state index contributed by atoms with van der Waals surface area (Å²) in [4.78, 5) is 6.18. The summed E-state index contributed by atoms with van der Waals surface area (Å²) in [5.41, 5.74) is 0. The van der Waals surface area contributed by atoms with Gasteiger partial charge in [-0.2, -0.15) is 0 Å². The highest BCUT2D eigenvalue weighted by Crippen LogP contribution is 2.31. The third-order valence-corrected chi connectivity index (χ3v) is 4.76. The standard InChI is InChI=1S/C14H27F2N3/c1-4-12(2)18-7-9-19(10-8-18)13-5-6-17(3)11-14(13,15)16/h12-13H,4-11H2,1-3H3. The van der Waals surface area contributed by atoms with E-state index in [0.717, 1.165) is 39.1 Å². The van der Waals surface area contributed by atoms with Crippen molar-refractivity contribution in [3.63, 3.8) is 0 Å². The van der Waals surface area contributed by atoms with Crippen molar-refractivity contribution < 1.29 is 8.78 Å². The highest BCUT2D eigenvalue weighted by Gasteiger charge is 2.47. The van der Waals surface area contributed by atoms with Gasteiger partial charge in [-0.3, -0.25) is 9.80 Å². The molecule has 2 aliphatic heterocycles. The lowest BCUT2D eigenvalue weighted by atomic mass is 9.98. The van der Waals surface area contributed by atoms with Gasteiger partial charge in [0.05, 0.1) is 12.6 Å². The fraction of sp³-hybridized carbons (Fsp3) is 1.00. The third-order valence-electron chi connectivity index (χ3n) is 4.76. The van der Waals surface area contributed by atoms with Gasteiger partial charge in [-0.1, -0.05) is 6.92 Å². The first-order valence-corrected chi connectivity index (χ1v) is 7.48. The molecule has 2 atom stereocenters. The van der Waals surface area contributed by atoms with Crippen molar-refractivity contribution in [1.29, 1.82) is 0 Å². The summed E-state index contributed by atoms with van der Waals surface area (Å²) in [6.07, 6.45) is 1.72. The average Bonchev–Trinajstić information content (AvgIpc) is 2.37. The van der Waals surface area contributed by atoms with Crippen LogP contribution in [0.1, 0.15) is 26.7 Å². The van der Waals surface area contributed by atoms with Crippen LogP contribution in [0.2, 0.25) is 0 Å². The molecule has 2 aliphatic rings. The van der Waals surface area contributed by atoms with Crippen LogP contribution in [0, 0.1) is 0 Å². The molecule has 0 radical (unpaired) electrons. The van der Waals surface area contributed by atoms with Gasteiger partial charge in [0, 0.05) is 32.2 Å². The van der Waals surface area contributed by atoms with Crippen LogP contribution in [0.15, 0.2) is 0 Å². The van der Waals surface area contributed by atoms with E-state index < -0.39 is 12.0 Å². The second-order valence-electron chi connectivity index (χ2n) is 6.13. The molecule has 5 heteroatoms. The molecule has 3 nitrogen and oxygen atoms in total. The van der Waals surface area contributed by atoms with Crippen LogP contribution in [0.3, 0.4) is 0 Å². The molecule has 19 heavy (non-hydrogen) atoms. The Morgan fingerprint density at radius 3 is 2.32 bits per heavy atom. The van der Waals surface area contributed by atoms with Crippen LogP contribution < -0.4 is 0 Å². The number of halogens is 2. The first-order chi connectivity index (χ1) is 8.94. The van der Waals surface area contributed by atoms with Crippen molar-refractivity contribution in [3.8, 4) is 0 Å². The quantitative estimate of drug-likeness (QED) is 0.777. The molecule has 0 aromatic heterocycles. The van der Waals surface area contributed by atoms with Crippen LogP contribution in [0.5, 0.6) is 0 Å². The molecule has 0 saturated carbocycles. The van der Waals surface area contributed by atoms with Gasteiger partial charge in [0.25, 0.3) is 5.92 Å². The van der Waals surface area contributed by atoms with E-state index >= 15 is 0 Å². The molecule has 0 aliphatic carbocycles. The zero-order valence-corrected chi connectivity index (χ0v) is 12.4. The van der Waals surface area contributed by atoms with Crippen molar-refractivity contribution >= 4 is 0 Å². The van der Waals surface area contributed by atoms with Crippen molar-refractivity contribution in [2.45, 2.75) is 44.7 Å². The van der Waals surface area contributed by atoms with Gasteiger partial charge in [0.15, 0.2) is 0 Å². The highest BCUT2D eigenvalue weighted by atomic mass is 19.3. The van der Waals surface area contributed by atoms with Crippen molar-refractivity contribution in [2.75, 3.05) is 46.3 Å². The fourth-order valence-corrected chi connectivity index (χ4v) is 3.30. The summed E-state index contributed by atoms with van der Waals surface area (Å²) in [7, 11) is 1.78. The van der Waals surface area contributed by atoms with E-state index in [9.17, 15) is 8.78 Å². The minimum absolute atomic E-state index is 0.0940. The molecule has 2 saturated heterocycles. The van der Waals surface area contributed by atoms with Gasteiger partial charge < -0.3 is 4.90 Å². The molecule has 0 bridgehead atoms. The molecule has 0 spiro atoms. The lowest BCUT2D eigenvalue weighted by molar-refractivity contribution is -0.130.